The number of ether oxygens (including phenoxy) is 1. The number of rotatable bonds is 6. The minimum atomic E-state index is -0.808. The number of aryl methyl sites for hydroxylation is 1. The highest BCUT2D eigenvalue weighted by atomic mass is 16.5. The van der Waals surface area contributed by atoms with E-state index in [0.29, 0.717) is 22.6 Å². The largest absolute Gasteiger partial charge is 0.507 e. The summed E-state index contributed by atoms with van der Waals surface area (Å²) in [5.74, 6) is -0.978. The van der Waals surface area contributed by atoms with Gasteiger partial charge in [0.15, 0.2) is 0 Å². The number of benzene rings is 3. The van der Waals surface area contributed by atoms with Crippen LogP contribution in [0.25, 0.3) is 5.76 Å². The molecule has 1 N–H and O–H groups in total. The van der Waals surface area contributed by atoms with Gasteiger partial charge in [0.25, 0.3) is 11.7 Å². The lowest BCUT2D eigenvalue weighted by atomic mass is 9.94. The van der Waals surface area contributed by atoms with Crippen LogP contribution in [0.1, 0.15) is 36.6 Å². The van der Waals surface area contributed by atoms with Crippen molar-refractivity contribution in [1.29, 1.82) is 0 Å². The van der Waals surface area contributed by atoms with E-state index in [4.69, 9.17) is 4.74 Å². The summed E-state index contributed by atoms with van der Waals surface area (Å²) in [5, 5.41) is 11.3. The Bertz CT molecular complexity index is 1270. The Hall–Kier alpha value is -4.06. The molecule has 1 unspecified atom stereocenters. The van der Waals surface area contributed by atoms with E-state index >= 15 is 0 Å². The Kier molecular flexibility index (Phi) is 6.65. The van der Waals surface area contributed by atoms with Crippen LogP contribution in [0.2, 0.25) is 0 Å². The predicted octanol–water partition coefficient (Wildman–Crippen LogP) is 5.47. The molecule has 4 rings (SSSR count). The van der Waals surface area contributed by atoms with Gasteiger partial charge in [-0.15, -0.1) is 0 Å². The van der Waals surface area contributed by atoms with Gasteiger partial charge < -0.3 is 14.7 Å². The molecule has 0 aromatic heterocycles. The smallest absolute Gasteiger partial charge is 0.300 e. The van der Waals surface area contributed by atoms with Gasteiger partial charge in [-0.2, -0.15) is 0 Å². The normalized spacial score (nSPS) is 17.2. The van der Waals surface area contributed by atoms with E-state index in [0.717, 1.165) is 11.3 Å². The van der Waals surface area contributed by atoms with E-state index in [1.165, 1.54) is 4.90 Å². The first kappa shape index (κ1) is 24.1. The lowest BCUT2D eigenvalue weighted by Gasteiger charge is -2.26. The molecule has 0 saturated carbocycles. The van der Waals surface area contributed by atoms with E-state index in [-0.39, 0.29) is 17.4 Å². The van der Waals surface area contributed by atoms with Crippen molar-refractivity contribution in [3.05, 3.63) is 95.1 Å². The number of carbonyl (C=O) groups excluding carboxylic acids is 2. The molecule has 1 atom stereocenters. The van der Waals surface area contributed by atoms with Gasteiger partial charge in [-0.25, -0.2) is 0 Å². The number of Topliss-reactive ketones (excluding diaryl/α,β-unsaturated/α-hetero) is 1. The Morgan fingerprint density at radius 3 is 2.23 bits per heavy atom. The molecule has 1 heterocycles. The first-order valence-corrected chi connectivity index (χ1v) is 11.6. The van der Waals surface area contributed by atoms with Crippen molar-refractivity contribution in [1.82, 2.24) is 0 Å². The summed E-state index contributed by atoms with van der Waals surface area (Å²) in [6.07, 6.45) is -0.0391. The van der Waals surface area contributed by atoms with E-state index in [9.17, 15) is 14.7 Å². The summed E-state index contributed by atoms with van der Waals surface area (Å²) >= 11 is 0. The minimum Gasteiger partial charge on any atom is -0.507 e. The number of ketones is 1. The fraction of sp³-hybridized carbons (Fsp3) is 0.241. The summed E-state index contributed by atoms with van der Waals surface area (Å²) in [4.78, 5) is 30.1. The first-order chi connectivity index (χ1) is 16.7. The topological polar surface area (TPSA) is 70.1 Å². The van der Waals surface area contributed by atoms with Crippen LogP contribution in [-0.2, 0) is 9.59 Å². The summed E-state index contributed by atoms with van der Waals surface area (Å²) < 4.78 is 5.87. The Balaban J connectivity index is 1.90. The van der Waals surface area contributed by atoms with Crippen molar-refractivity contribution >= 4 is 28.8 Å². The summed E-state index contributed by atoms with van der Waals surface area (Å²) in [6, 6.07) is 21.1. The third-order valence-corrected chi connectivity index (χ3v) is 5.96. The highest BCUT2D eigenvalue weighted by molar-refractivity contribution is 6.51. The van der Waals surface area contributed by atoms with Gasteiger partial charge in [-0.3, -0.25) is 14.5 Å². The first-order valence-electron chi connectivity index (χ1n) is 11.6. The fourth-order valence-corrected chi connectivity index (χ4v) is 4.22. The lowest BCUT2D eigenvalue weighted by Crippen LogP contribution is -2.29. The standard InChI is InChI=1S/C29H30N2O4/c1-18(2)35-24-8-6-7-21(17-24)26-25(27(32)20-11-9-19(3)10-12-20)28(33)29(34)31(26)23-15-13-22(14-16-23)30(4)5/h6-18,26,32H,1-5H3/b27-25-. The summed E-state index contributed by atoms with van der Waals surface area (Å²) in [6.45, 7) is 5.81. The van der Waals surface area contributed by atoms with Gasteiger partial charge in [0, 0.05) is 31.0 Å². The Morgan fingerprint density at radius 1 is 0.971 bits per heavy atom. The zero-order valence-electron chi connectivity index (χ0n) is 20.6. The second-order valence-electron chi connectivity index (χ2n) is 9.19. The predicted molar refractivity (Wildman–Crippen MR) is 139 cm³/mol. The molecular formula is C29H30N2O4. The van der Waals surface area contributed by atoms with Crippen LogP contribution in [-0.4, -0.2) is 37.0 Å². The molecule has 6 heteroatoms. The maximum atomic E-state index is 13.4. The number of amides is 1. The number of aliphatic hydroxyl groups is 1. The van der Waals surface area contributed by atoms with E-state index in [1.54, 1.807) is 12.1 Å². The van der Waals surface area contributed by atoms with Gasteiger partial charge in [0.1, 0.15) is 11.5 Å². The number of aliphatic hydroxyl groups excluding tert-OH is 1. The molecule has 3 aromatic carbocycles. The van der Waals surface area contributed by atoms with Gasteiger partial charge in [0.2, 0.25) is 0 Å². The van der Waals surface area contributed by atoms with Gasteiger partial charge in [-0.05, 0) is 62.7 Å². The molecule has 3 aromatic rings. The highest BCUT2D eigenvalue weighted by Crippen LogP contribution is 2.43. The fourth-order valence-electron chi connectivity index (χ4n) is 4.22. The van der Waals surface area contributed by atoms with Crippen molar-refractivity contribution in [3.63, 3.8) is 0 Å². The van der Waals surface area contributed by atoms with Gasteiger partial charge >= 0.3 is 0 Å². The molecule has 1 aliphatic heterocycles. The molecule has 0 spiro atoms. The maximum Gasteiger partial charge on any atom is 0.300 e. The van der Waals surface area contributed by atoms with Crippen molar-refractivity contribution < 1.29 is 19.4 Å². The highest BCUT2D eigenvalue weighted by Gasteiger charge is 2.47. The molecule has 6 nitrogen and oxygen atoms in total. The molecule has 0 aliphatic carbocycles. The van der Waals surface area contributed by atoms with Gasteiger partial charge in [-0.1, -0.05) is 42.0 Å². The minimum absolute atomic E-state index is 0.0391. The average Bonchev–Trinajstić information content (AvgIpc) is 3.09. The maximum absolute atomic E-state index is 13.4. The Labute approximate surface area is 206 Å². The van der Waals surface area contributed by atoms with Crippen molar-refractivity contribution in [2.75, 3.05) is 23.9 Å². The van der Waals surface area contributed by atoms with Crippen LogP contribution in [0.5, 0.6) is 5.75 Å². The van der Waals surface area contributed by atoms with Crippen LogP contribution in [0.3, 0.4) is 0 Å². The summed E-state index contributed by atoms with van der Waals surface area (Å²) in [7, 11) is 3.87. The number of hydrogen-bond donors (Lipinski definition) is 1. The number of carbonyl (C=O) groups is 2. The SMILES string of the molecule is Cc1ccc(/C(O)=C2/C(=O)C(=O)N(c3ccc(N(C)C)cc3)C2c2cccc(OC(C)C)c2)cc1. The quantitative estimate of drug-likeness (QED) is 0.294. The average molecular weight is 471 g/mol. The zero-order chi connectivity index (χ0) is 25.3. The molecule has 0 bridgehead atoms. The second kappa shape index (κ2) is 9.66. The van der Waals surface area contributed by atoms with Crippen LogP contribution >= 0.6 is 0 Å². The van der Waals surface area contributed by atoms with Crippen molar-refractivity contribution in [3.8, 4) is 5.75 Å². The van der Waals surface area contributed by atoms with Gasteiger partial charge in [0.05, 0.1) is 17.7 Å². The number of hydrogen-bond acceptors (Lipinski definition) is 5. The Morgan fingerprint density at radius 2 is 1.63 bits per heavy atom. The molecule has 180 valence electrons. The molecule has 1 amide bonds. The molecule has 35 heavy (non-hydrogen) atoms. The van der Waals surface area contributed by atoms with Crippen LogP contribution in [0.4, 0.5) is 11.4 Å². The van der Waals surface area contributed by atoms with Crippen molar-refractivity contribution in [2.24, 2.45) is 0 Å². The van der Waals surface area contributed by atoms with E-state index in [1.807, 2.05) is 100 Å². The summed E-state index contributed by atoms with van der Waals surface area (Å²) in [5.41, 5.74) is 3.77. The molecule has 0 radical (unpaired) electrons. The van der Waals surface area contributed by atoms with E-state index < -0.39 is 17.7 Å². The number of nitrogens with zero attached hydrogens (tertiary/aromatic N) is 2. The second-order valence-corrected chi connectivity index (χ2v) is 9.19. The van der Waals surface area contributed by atoms with Crippen LogP contribution < -0.4 is 14.5 Å². The third-order valence-electron chi connectivity index (χ3n) is 5.96. The van der Waals surface area contributed by atoms with Crippen LogP contribution in [0.15, 0.2) is 78.4 Å². The van der Waals surface area contributed by atoms with Crippen molar-refractivity contribution in [2.45, 2.75) is 32.9 Å². The third kappa shape index (κ3) is 4.78. The lowest BCUT2D eigenvalue weighted by molar-refractivity contribution is -0.132. The molecule has 1 aliphatic rings. The monoisotopic (exact) mass is 470 g/mol. The molecular weight excluding hydrogens is 440 g/mol. The van der Waals surface area contributed by atoms with Crippen LogP contribution in [0, 0.1) is 6.92 Å². The molecule has 1 fully saturated rings. The van der Waals surface area contributed by atoms with E-state index in [2.05, 4.69) is 0 Å². The molecule has 1 saturated heterocycles. The number of anilines is 2. The zero-order valence-corrected chi connectivity index (χ0v) is 20.6.